The molecule has 0 saturated heterocycles. The monoisotopic (exact) mass is 379 g/mol. The predicted octanol–water partition coefficient (Wildman–Crippen LogP) is 6.59. The Hall–Kier alpha value is 0.154. The van der Waals surface area contributed by atoms with Gasteiger partial charge in [0.2, 0.25) is 0 Å². The molecule has 117 valence electrons. The molecule has 1 aromatic rings. The Morgan fingerprint density at radius 2 is 1.86 bits per heavy atom. The molecule has 1 aromatic carbocycles. The average molecular weight is 379 g/mol. The zero-order valence-electron chi connectivity index (χ0n) is 13.9. The van der Waals surface area contributed by atoms with Gasteiger partial charge in [-0.1, -0.05) is 58.8 Å². The first-order valence-corrected chi connectivity index (χ1v) is 7.80. The molecule has 0 spiro atoms. The van der Waals surface area contributed by atoms with Crippen LogP contribution in [-0.2, 0) is 32.7 Å². The fourth-order valence-corrected chi connectivity index (χ4v) is 1.37. The van der Waals surface area contributed by atoms with Gasteiger partial charge in [-0.2, -0.15) is 42.3 Å². The van der Waals surface area contributed by atoms with Crippen molar-refractivity contribution in [2.75, 3.05) is 0 Å². The van der Waals surface area contributed by atoms with Crippen molar-refractivity contribution in [1.82, 2.24) is 0 Å². The number of aryl methyl sites for hydroxylation is 1. The number of hydrogen-bond acceptors (Lipinski definition) is 1. The summed E-state index contributed by atoms with van der Waals surface area (Å²) in [7, 11) is 0. The minimum atomic E-state index is 0. The molecule has 0 aliphatic rings. The molecule has 1 rings (SSSR count). The van der Waals surface area contributed by atoms with Gasteiger partial charge in [0.05, 0.1) is 0 Å². The molecule has 0 unspecified atom stereocenters. The summed E-state index contributed by atoms with van der Waals surface area (Å²) in [5, 5.41) is 0. The third kappa shape index (κ3) is 25.5. The molecule has 0 aliphatic heterocycles. The van der Waals surface area contributed by atoms with E-state index < -0.39 is 0 Å². The summed E-state index contributed by atoms with van der Waals surface area (Å²) in [6.45, 7) is 13.6. The van der Waals surface area contributed by atoms with Crippen LogP contribution in [0, 0.1) is 19.9 Å². The van der Waals surface area contributed by atoms with Crippen molar-refractivity contribution in [3.8, 4) is 0 Å². The van der Waals surface area contributed by atoms with Crippen molar-refractivity contribution in [2.45, 2.75) is 52.9 Å². The molecular formula is C19H30SY-2. The summed E-state index contributed by atoms with van der Waals surface area (Å²) in [5.41, 5.74) is 1.29. The third-order valence-corrected chi connectivity index (χ3v) is 2.73. The maximum Gasteiger partial charge on any atom is 0 e. The molecule has 0 aromatic heterocycles. The van der Waals surface area contributed by atoms with Gasteiger partial charge in [0.15, 0.2) is 0 Å². The quantitative estimate of drug-likeness (QED) is 0.254. The van der Waals surface area contributed by atoms with Crippen LogP contribution in [0.5, 0.6) is 0 Å². The smallest absolute Gasteiger partial charge is 0 e. The average Bonchev–Trinajstić information content (AvgIpc) is 2.47. The molecule has 0 saturated carbocycles. The summed E-state index contributed by atoms with van der Waals surface area (Å²) >= 11 is 4.05. The van der Waals surface area contributed by atoms with E-state index in [1.54, 1.807) is 6.08 Å². The fraction of sp³-hybridized carbons (Fsp3) is 0.421. The Morgan fingerprint density at radius 3 is 2.05 bits per heavy atom. The van der Waals surface area contributed by atoms with Crippen molar-refractivity contribution in [3.05, 3.63) is 66.5 Å². The van der Waals surface area contributed by atoms with Crippen molar-refractivity contribution in [3.63, 3.8) is 0 Å². The Labute approximate surface area is 163 Å². The third-order valence-electron chi connectivity index (χ3n) is 2.36. The summed E-state index contributed by atoms with van der Waals surface area (Å²) in [5.74, 6) is 0. The van der Waals surface area contributed by atoms with Crippen LogP contribution >= 0.6 is 12.6 Å². The van der Waals surface area contributed by atoms with Crippen LogP contribution in [0.3, 0.4) is 0 Å². The topological polar surface area (TPSA) is 0 Å². The van der Waals surface area contributed by atoms with Gasteiger partial charge in [-0.3, -0.25) is 0 Å². The Morgan fingerprint density at radius 1 is 1.29 bits per heavy atom. The van der Waals surface area contributed by atoms with Crippen LogP contribution in [0.2, 0.25) is 0 Å². The van der Waals surface area contributed by atoms with Gasteiger partial charge in [0.25, 0.3) is 0 Å². The van der Waals surface area contributed by atoms with Gasteiger partial charge in [-0.25, -0.2) is 0 Å². The standard InChI is InChI=1S/C7H7.C6H10S.C6H13.Y/c1-7-5-3-2-4-6-7;1-3-5-6(7)4-2;1-3-5-6-4-2;/h3-6H,1H3;4-5,7H,2-3H2,1H3;1,3-6H2,2H3;/q-1;;-1;/b;6-5+;;. The molecule has 0 atom stereocenters. The van der Waals surface area contributed by atoms with E-state index >= 15 is 0 Å². The Balaban J connectivity index is -0.000000227. The van der Waals surface area contributed by atoms with Gasteiger partial charge < -0.3 is 6.92 Å². The number of benzene rings is 1. The maximum absolute atomic E-state index is 4.05. The second-order valence-electron chi connectivity index (χ2n) is 4.38. The summed E-state index contributed by atoms with van der Waals surface area (Å²) < 4.78 is 0. The van der Waals surface area contributed by atoms with E-state index in [9.17, 15) is 0 Å². The van der Waals surface area contributed by atoms with Crippen molar-refractivity contribution >= 4 is 12.6 Å². The molecular weight excluding hydrogens is 349 g/mol. The number of allylic oxidation sites excluding steroid dienone is 2. The molecule has 0 N–H and O–H groups in total. The number of unbranched alkanes of at least 4 members (excludes halogenated alkanes) is 3. The molecule has 0 amide bonds. The van der Waals surface area contributed by atoms with Gasteiger partial charge in [0.1, 0.15) is 0 Å². The van der Waals surface area contributed by atoms with Crippen LogP contribution in [0.25, 0.3) is 0 Å². The van der Waals surface area contributed by atoms with Crippen LogP contribution in [-0.4, -0.2) is 0 Å². The zero-order valence-corrected chi connectivity index (χ0v) is 17.7. The summed E-state index contributed by atoms with van der Waals surface area (Å²) in [4.78, 5) is 0.961. The van der Waals surface area contributed by atoms with E-state index in [-0.39, 0.29) is 32.7 Å². The van der Waals surface area contributed by atoms with E-state index in [0.29, 0.717) is 0 Å². The zero-order chi connectivity index (χ0) is 15.6. The second-order valence-corrected chi connectivity index (χ2v) is 4.90. The van der Waals surface area contributed by atoms with E-state index in [0.717, 1.165) is 17.7 Å². The van der Waals surface area contributed by atoms with E-state index in [2.05, 4.69) is 53.0 Å². The van der Waals surface area contributed by atoms with Gasteiger partial charge in [0, 0.05) is 32.7 Å². The van der Waals surface area contributed by atoms with E-state index in [1.165, 1.54) is 24.8 Å². The minimum Gasteiger partial charge on any atom is -0.343 e. The van der Waals surface area contributed by atoms with Crippen LogP contribution < -0.4 is 0 Å². The van der Waals surface area contributed by atoms with Crippen molar-refractivity contribution < 1.29 is 32.7 Å². The predicted molar refractivity (Wildman–Crippen MR) is 97.1 cm³/mol. The summed E-state index contributed by atoms with van der Waals surface area (Å²) in [6.07, 6.45) is 9.84. The molecule has 0 heterocycles. The fourth-order valence-electron chi connectivity index (χ4n) is 1.19. The largest absolute Gasteiger partial charge is 0.343 e. The first-order chi connectivity index (χ1) is 9.62. The van der Waals surface area contributed by atoms with Crippen LogP contribution in [0.1, 0.15) is 51.5 Å². The Bertz CT molecular complexity index is 327. The molecule has 0 fully saturated rings. The Kier molecular flexibility index (Phi) is 27.9. The molecule has 1 radical (unpaired) electrons. The van der Waals surface area contributed by atoms with E-state index in [4.69, 9.17) is 0 Å². The van der Waals surface area contributed by atoms with Crippen molar-refractivity contribution in [1.29, 1.82) is 0 Å². The molecule has 0 aliphatic carbocycles. The second kappa shape index (κ2) is 22.4. The van der Waals surface area contributed by atoms with Crippen LogP contribution in [0.4, 0.5) is 0 Å². The van der Waals surface area contributed by atoms with E-state index in [1.807, 2.05) is 30.3 Å². The van der Waals surface area contributed by atoms with Gasteiger partial charge in [-0.15, -0.1) is 12.6 Å². The molecule has 0 nitrogen and oxygen atoms in total. The first kappa shape index (κ1) is 26.1. The van der Waals surface area contributed by atoms with Crippen molar-refractivity contribution in [2.24, 2.45) is 0 Å². The summed E-state index contributed by atoms with van der Waals surface area (Å²) in [6, 6.07) is 10.8. The molecule has 2 heteroatoms. The maximum atomic E-state index is 4.05. The van der Waals surface area contributed by atoms with Gasteiger partial charge in [-0.05, 0) is 11.3 Å². The SMILES string of the molecule is C=C/C(S)=C\CC.Cc1cc[c-]cc1.[CH2-]CCCCC.[Y]. The molecule has 21 heavy (non-hydrogen) atoms. The normalized spacial score (nSPS) is 9.29. The van der Waals surface area contributed by atoms with Gasteiger partial charge >= 0.3 is 0 Å². The minimum absolute atomic E-state index is 0. The number of rotatable bonds is 5. The number of thiol groups is 1. The molecule has 0 bridgehead atoms. The first-order valence-electron chi connectivity index (χ1n) is 7.35. The number of hydrogen-bond donors (Lipinski definition) is 1. The van der Waals surface area contributed by atoms with Crippen LogP contribution in [0.15, 0.2) is 47.9 Å².